The molecule has 4 nitrogen and oxygen atoms in total. The van der Waals surface area contributed by atoms with Crippen molar-refractivity contribution >= 4 is 23.4 Å². The molecule has 0 aliphatic carbocycles. The molecule has 0 spiro atoms. The van der Waals surface area contributed by atoms with E-state index in [2.05, 4.69) is 5.32 Å². The van der Waals surface area contributed by atoms with Crippen molar-refractivity contribution in [1.82, 2.24) is 5.32 Å². The largest absolute Gasteiger partial charge is 0.348 e. The normalized spacial score (nSPS) is 19.0. The standard InChI is InChI=1S/C12H15F2N3OS/c13-9-4-7(5-10(14)11(9)17-15)12(18)16-8-2-1-3-19-6-8/h4-5,8,17H,1-3,6,15H2,(H,16,18). The minimum absolute atomic E-state index is 0.0374. The second-order valence-electron chi connectivity index (χ2n) is 4.35. The first-order valence-electron chi connectivity index (χ1n) is 5.96. The predicted molar refractivity (Wildman–Crippen MR) is 72.0 cm³/mol. The van der Waals surface area contributed by atoms with Crippen LogP contribution in [0.4, 0.5) is 14.5 Å². The Hall–Kier alpha value is -1.34. The summed E-state index contributed by atoms with van der Waals surface area (Å²) in [5, 5.41) is 2.78. The Bertz CT molecular complexity index is 455. The van der Waals surface area contributed by atoms with Crippen molar-refractivity contribution in [3.8, 4) is 0 Å². The maximum Gasteiger partial charge on any atom is 0.251 e. The summed E-state index contributed by atoms with van der Waals surface area (Å²) in [5.74, 6) is 4.68. The maximum absolute atomic E-state index is 13.5. The van der Waals surface area contributed by atoms with Gasteiger partial charge in [-0.1, -0.05) is 0 Å². The quantitative estimate of drug-likeness (QED) is 0.586. The number of nitrogens with two attached hydrogens (primary N) is 1. The van der Waals surface area contributed by atoms with Gasteiger partial charge in [-0.05, 0) is 30.7 Å². The van der Waals surface area contributed by atoms with Gasteiger partial charge < -0.3 is 10.7 Å². The van der Waals surface area contributed by atoms with E-state index in [1.165, 1.54) is 0 Å². The summed E-state index contributed by atoms with van der Waals surface area (Å²) < 4.78 is 27.0. The Kier molecular flexibility index (Phi) is 4.60. The SMILES string of the molecule is NNc1c(F)cc(C(=O)NC2CCCSC2)cc1F. The van der Waals surface area contributed by atoms with Crippen LogP contribution in [0.25, 0.3) is 0 Å². The third-order valence-electron chi connectivity index (χ3n) is 2.94. The van der Waals surface area contributed by atoms with Crippen LogP contribution >= 0.6 is 11.8 Å². The Labute approximate surface area is 114 Å². The number of hydrogen-bond donors (Lipinski definition) is 3. The van der Waals surface area contributed by atoms with E-state index >= 15 is 0 Å². The minimum atomic E-state index is -0.884. The molecule has 4 N–H and O–H groups in total. The zero-order chi connectivity index (χ0) is 13.8. The lowest BCUT2D eigenvalue weighted by Gasteiger charge is -2.22. The van der Waals surface area contributed by atoms with Gasteiger partial charge in [0.15, 0.2) is 11.6 Å². The fourth-order valence-electron chi connectivity index (χ4n) is 1.97. The molecule has 1 aliphatic heterocycles. The number of thioether (sulfide) groups is 1. The number of halogens is 2. The zero-order valence-corrected chi connectivity index (χ0v) is 11.0. The summed E-state index contributed by atoms with van der Waals surface area (Å²) in [6.45, 7) is 0. The number of hydrazine groups is 1. The average molecular weight is 287 g/mol. The summed E-state index contributed by atoms with van der Waals surface area (Å²) in [4.78, 5) is 11.9. The number of nitrogens with one attached hydrogen (secondary N) is 2. The third kappa shape index (κ3) is 3.36. The van der Waals surface area contributed by atoms with Gasteiger partial charge in [0.1, 0.15) is 5.69 Å². The fraction of sp³-hybridized carbons (Fsp3) is 0.417. The van der Waals surface area contributed by atoms with E-state index in [1.54, 1.807) is 11.8 Å². The lowest BCUT2D eigenvalue weighted by atomic mass is 10.1. The van der Waals surface area contributed by atoms with Crippen LogP contribution in [0.2, 0.25) is 0 Å². The number of amides is 1. The highest BCUT2D eigenvalue weighted by molar-refractivity contribution is 7.99. The van der Waals surface area contributed by atoms with E-state index in [0.29, 0.717) is 0 Å². The molecule has 1 fully saturated rings. The van der Waals surface area contributed by atoms with Gasteiger partial charge in [-0.3, -0.25) is 10.6 Å². The zero-order valence-electron chi connectivity index (χ0n) is 10.2. The van der Waals surface area contributed by atoms with E-state index in [-0.39, 0.29) is 11.6 Å². The van der Waals surface area contributed by atoms with Crippen LogP contribution in [0.3, 0.4) is 0 Å². The Balaban J connectivity index is 2.10. The van der Waals surface area contributed by atoms with Crippen molar-refractivity contribution in [2.45, 2.75) is 18.9 Å². The molecule has 19 heavy (non-hydrogen) atoms. The highest BCUT2D eigenvalue weighted by atomic mass is 32.2. The summed E-state index contributed by atoms with van der Waals surface area (Å²) >= 11 is 1.76. The highest BCUT2D eigenvalue weighted by Gasteiger charge is 2.19. The van der Waals surface area contributed by atoms with E-state index in [0.717, 1.165) is 36.5 Å². The number of benzene rings is 1. The van der Waals surface area contributed by atoms with Gasteiger partial charge in [0, 0.05) is 17.4 Å². The molecular formula is C12H15F2N3OS. The van der Waals surface area contributed by atoms with Gasteiger partial charge in [-0.2, -0.15) is 11.8 Å². The molecule has 1 saturated heterocycles. The molecule has 0 aromatic heterocycles. The van der Waals surface area contributed by atoms with Gasteiger partial charge in [-0.15, -0.1) is 0 Å². The number of rotatable bonds is 3. The molecule has 1 amide bonds. The number of carbonyl (C=O) groups excluding carboxylic acids is 1. The Morgan fingerprint density at radius 2 is 2.05 bits per heavy atom. The van der Waals surface area contributed by atoms with Crippen LogP contribution in [0.15, 0.2) is 12.1 Å². The van der Waals surface area contributed by atoms with E-state index in [4.69, 9.17) is 5.84 Å². The van der Waals surface area contributed by atoms with Crippen molar-refractivity contribution in [1.29, 1.82) is 0 Å². The molecule has 1 unspecified atom stereocenters. The molecular weight excluding hydrogens is 272 g/mol. The van der Waals surface area contributed by atoms with Crippen LogP contribution in [-0.4, -0.2) is 23.5 Å². The fourth-order valence-corrected chi connectivity index (χ4v) is 3.04. The van der Waals surface area contributed by atoms with Gasteiger partial charge in [0.25, 0.3) is 5.91 Å². The van der Waals surface area contributed by atoms with Crippen molar-refractivity contribution in [3.63, 3.8) is 0 Å². The van der Waals surface area contributed by atoms with Gasteiger partial charge in [0.05, 0.1) is 0 Å². The molecule has 1 heterocycles. The Morgan fingerprint density at radius 3 is 2.58 bits per heavy atom. The molecule has 1 aliphatic rings. The smallest absolute Gasteiger partial charge is 0.251 e. The molecule has 1 aromatic carbocycles. The van der Waals surface area contributed by atoms with Gasteiger partial charge >= 0.3 is 0 Å². The predicted octanol–water partition coefficient (Wildman–Crippen LogP) is 1.88. The minimum Gasteiger partial charge on any atom is -0.348 e. The first-order valence-corrected chi connectivity index (χ1v) is 7.11. The summed E-state index contributed by atoms with van der Waals surface area (Å²) in [6, 6.07) is 2.01. The molecule has 2 rings (SSSR count). The van der Waals surface area contributed by atoms with E-state index in [1.807, 2.05) is 5.43 Å². The average Bonchev–Trinajstić information content (AvgIpc) is 2.39. The number of hydrogen-bond acceptors (Lipinski definition) is 4. The third-order valence-corrected chi connectivity index (χ3v) is 4.16. The lowest BCUT2D eigenvalue weighted by molar-refractivity contribution is 0.0937. The first-order chi connectivity index (χ1) is 9.11. The highest BCUT2D eigenvalue weighted by Crippen LogP contribution is 2.21. The molecule has 0 saturated carbocycles. The van der Waals surface area contributed by atoms with Gasteiger partial charge in [-0.25, -0.2) is 8.78 Å². The second-order valence-corrected chi connectivity index (χ2v) is 5.50. The van der Waals surface area contributed by atoms with Crippen LogP contribution in [0.5, 0.6) is 0 Å². The van der Waals surface area contributed by atoms with Crippen LogP contribution in [0.1, 0.15) is 23.2 Å². The molecule has 7 heteroatoms. The summed E-state index contributed by atoms with van der Waals surface area (Å²) in [7, 11) is 0. The molecule has 1 atom stereocenters. The van der Waals surface area contributed by atoms with E-state index < -0.39 is 23.2 Å². The summed E-state index contributed by atoms with van der Waals surface area (Å²) in [5.41, 5.74) is 1.45. The summed E-state index contributed by atoms with van der Waals surface area (Å²) in [6.07, 6.45) is 1.93. The van der Waals surface area contributed by atoms with Crippen LogP contribution in [0, 0.1) is 11.6 Å². The second kappa shape index (κ2) is 6.21. The lowest BCUT2D eigenvalue weighted by Crippen LogP contribution is -2.38. The van der Waals surface area contributed by atoms with Crippen molar-refractivity contribution < 1.29 is 13.6 Å². The number of anilines is 1. The van der Waals surface area contributed by atoms with Crippen LogP contribution in [-0.2, 0) is 0 Å². The van der Waals surface area contributed by atoms with Crippen molar-refractivity contribution in [2.75, 3.05) is 16.9 Å². The molecule has 1 aromatic rings. The van der Waals surface area contributed by atoms with Crippen molar-refractivity contribution in [2.24, 2.45) is 5.84 Å². The number of nitrogen functional groups attached to an aromatic ring is 1. The monoisotopic (exact) mass is 287 g/mol. The van der Waals surface area contributed by atoms with Crippen LogP contribution < -0.4 is 16.6 Å². The van der Waals surface area contributed by atoms with Gasteiger partial charge in [0.2, 0.25) is 0 Å². The number of carbonyl (C=O) groups is 1. The Morgan fingerprint density at radius 1 is 1.37 bits per heavy atom. The molecule has 0 bridgehead atoms. The topological polar surface area (TPSA) is 67.1 Å². The first kappa shape index (κ1) is 14.1. The molecule has 0 radical (unpaired) electrons. The maximum atomic E-state index is 13.5. The van der Waals surface area contributed by atoms with Crippen molar-refractivity contribution in [3.05, 3.63) is 29.3 Å². The molecule has 104 valence electrons. The van der Waals surface area contributed by atoms with E-state index in [9.17, 15) is 13.6 Å².